The molecule has 0 aliphatic heterocycles. The van der Waals surface area contributed by atoms with E-state index in [1.165, 1.54) is 0 Å². The van der Waals surface area contributed by atoms with E-state index in [1.807, 2.05) is 42.0 Å². The number of carbonyl (C=O) groups excluding carboxylic acids is 1. The highest BCUT2D eigenvalue weighted by molar-refractivity contribution is 9.10. The molecule has 1 amide bonds. The average Bonchev–Trinajstić information content (AvgIpc) is 3.16. The van der Waals surface area contributed by atoms with Crippen molar-refractivity contribution >= 4 is 27.5 Å². The normalized spacial score (nSPS) is 10.5. The van der Waals surface area contributed by atoms with Crippen LogP contribution in [0.2, 0.25) is 0 Å². The summed E-state index contributed by atoms with van der Waals surface area (Å²) in [5, 5.41) is 2.93. The van der Waals surface area contributed by atoms with E-state index < -0.39 is 0 Å². The van der Waals surface area contributed by atoms with Gasteiger partial charge in [-0.1, -0.05) is 12.1 Å². The Morgan fingerprint density at radius 3 is 2.85 bits per heavy atom. The molecule has 1 N–H and O–H groups in total. The number of aromatic nitrogens is 2. The molecule has 0 spiro atoms. The number of halogens is 1. The minimum absolute atomic E-state index is 0.225. The SMILES string of the molecule is CCOc1c(Br)cc(C(=O)Nc2cccc(Cn3ccnc3)c2)cc1OC. The van der Waals surface area contributed by atoms with Crippen molar-refractivity contribution in [1.29, 1.82) is 0 Å². The zero-order valence-electron chi connectivity index (χ0n) is 15.1. The second kappa shape index (κ2) is 8.73. The third-order valence-corrected chi connectivity index (χ3v) is 4.48. The molecule has 6 nitrogen and oxygen atoms in total. The summed E-state index contributed by atoms with van der Waals surface area (Å²) >= 11 is 3.44. The molecule has 1 heterocycles. The second-order valence-electron chi connectivity index (χ2n) is 5.81. The van der Waals surface area contributed by atoms with Crippen LogP contribution in [-0.2, 0) is 6.54 Å². The Kier molecular flexibility index (Phi) is 6.13. The first-order valence-electron chi connectivity index (χ1n) is 8.47. The number of rotatable bonds is 7. The van der Waals surface area contributed by atoms with Crippen LogP contribution in [0.4, 0.5) is 5.69 Å². The maximum Gasteiger partial charge on any atom is 0.255 e. The van der Waals surface area contributed by atoms with Crippen molar-refractivity contribution < 1.29 is 14.3 Å². The molecule has 0 aliphatic rings. The molecule has 7 heteroatoms. The van der Waals surface area contributed by atoms with Crippen LogP contribution in [0.1, 0.15) is 22.8 Å². The molecule has 2 aromatic carbocycles. The number of imidazole rings is 1. The first kappa shape index (κ1) is 19.0. The van der Waals surface area contributed by atoms with Crippen LogP contribution in [0.25, 0.3) is 0 Å². The minimum Gasteiger partial charge on any atom is -0.493 e. The van der Waals surface area contributed by atoms with E-state index in [4.69, 9.17) is 9.47 Å². The van der Waals surface area contributed by atoms with Crippen molar-refractivity contribution in [2.45, 2.75) is 13.5 Å². The summed E-state index contributed by atoms with van der Waals surface area (Å²) < 4.78 is 13.6. The predicted molar refractivity (Wildman–Crippen MR) is 108 cm³/mol. The number of hydrogen-bond donors (Lipinski definition) is 1. The van der Waals surface area contributed by atoms with Gasteiger partial charge in [-0.15, -0.1) is 0 Å². The van der Waals surface area contributed by atoms with E-state index in [1.54, 1.807) is 31.8 Å². The van der Waals surface area contributed by atoms with Crippen molar-refractivity contribution in [3.63, 3.8) is 0 Å². The molecular weight excluding hydrogens is 410 g/mol. The van der Waals surface area contributed by atoms with E-state index in [0.717, 1.165) is 11.3 Å². The van der Waals surface area contributed by atoms with Crippen LogP contribution in [0.5, 0.6) is 11.5 Å². The zero-order valence-corrected chi connectivity index (χ0v) is 16.7. The first-order chi connectivity index (χ1) is 13.1. The molecule has 3 aromatic rings. The van der Waals surface area contributed by atoms with E-state index in [-0.39, 0.29) is 5.91 Å². The van der Waals surface area contributed by atoms with Gasteiger partial charge in [0.1, 0.15) is 0 Å². The zero-order chi connectivity index (χ0) is 19.2. The third-order valence-electron chi connectivity index (χ3n) is 3.89. The molecule has 0 unspecified atom stereocenters. The van der Waals surface area contributed by atoms with Crippen LogP contribution >= 0.6 is 15.9 Å². The highest BCUT2D eigenvalue weighted by Crippen LogP contribution is 2.36. The van der Waals surface area contributed by atoms with Gasteiger partial charge in [0.2, 0.25) is 0 Å². The van der Waals surface area contributed by atoms with Crippen molar-refractivity contribution in [2.75, 3.05) is 19.0 Å². The molecular formula is C20H20BrN3O3. The lowest BCUT2D eigenvalue weighted by atomic mass is 10.1. The van der Waals surface area contributed by atoms with Gasteiger partial charge in [-0.05, 0) is 52.7 Å². The minimum atomic E-state index is -0.225. The number of anilines is 1. The summed E-state index contributed by atoms with van der Waals surface area (Å²) in [5.41, 5.74) is 2.26. The van der Waals surface area contributed by atoms with Crippen molar-refractivity contribution in [2.24, 2.45) is 0 Å². The number of methoxy groups -OCH3 is 1. The fraction of sp³-hybridized carbons (Fsp3) is 0.200. The van der Waals surface area contributed by atoms with Gasteiger partial charge in [-0.2, -0.15) is 0 Å². The maximum absolute atomic E-state index is 12.7. The Morgan fingerprint density at radius 1 is 1.30 bits per heavy atom. The van der Waals surface area contributed by atoms with E-state index in [0.29, 0.717) is 34.7 Å². The quantitative estimate of drug-likeness (QED) is 0.605. The van der Waals surface area contributed by atoms with Crippen molar-refractivity contribution in [3.8, 4) is 11.5 Å². The highest BCUT2D eigenvalue weighted by atomic mass is 79.9. The summed E-state index contributed by atoms with van der Waals surface area (Å²) in [4.78, 5) is 16.7. The summed E-state index contributed by atoms with van der Waals surface area (Å²) in [6.07, 6.45) is 5.40. The first-order valence-corrected chi connectivity index (χ1v) is 9.26. The Morgan fingerprint density at radius 2 is 2.15 bits per heavy atom. The Balaban J connectivity index is 1.78. The lowest BCUT2D eigenvalue weighted by molar-refractivity contribution is 0.102. The Labute approximate surface area is 166 Å². The highest BCUT2D eigenvalue weighted by Gasteiger charge is 2.15. The van der Waals surface area contributed by atoms with Crippen LogP contribution < -0.4 is 14.8 Å². The molecule has 0 saturated heterocycles. The lowest BCUT2D eigenvalue weighted by Crippen LogP contribution is -2.13. The second-order valence-corrected chi connectivity index (χ2v) is 6.67. The van der Waals surface area contributed by atoms with Gasteiger partial charge in [0, 0.05) is 30.2 Å². The summed E-state index contributed by atoms with van der Waals surface area (Å²) in [7, 11) is 1.55. The number of hydrogen-bond acceptors (Lipinski definition) is 4. The number of amides is 1. The van der Waals surface area contributed by atoms with Crippen LogP contribution in [0.3, 0.4) is 0 Å². The molecule has 0 aliphatic carbocycles. The van der Waals surface area contributed by atoms with Crippen molar-refractivity contribution in [3.05, 3.63) is 70.7 Å². The standard InChI is InChI=1S/C20H20BrN3O3/c1-3-27-19-17(21)10-15(11-18(19)26-2)20(25)23-16-6-4-5-14(9-16)12-24-8-7-22-13-24/h4-11,13H,3,12H2,1-2H3,(H,23,25). The van der Waals surface area contributed by atoms with E-state index in [2.05, 4.69) is 26.2 Å². The lowest BCUT2D eigenvalue weighted by Gasteiger charge is -2.13. The van der Waals surface area contributed by atoms with Gasteiger partial charge in [0.05, 0.1) is 24.5 Å². The largest absolute Gasteiger partial charge is 0.493 e. The number of ether oxygens (including phenoxy) is 2. The molecule has 27 heavy (non-hydrogen) atoms. The molecule has 0 radical (unpaired) electrons. The van der Waals surface area contributed by atoms with Crippen LogP contribution in [0.15, 0.2) is 59.6 Å². The fourth-order valence-electron chi connectivity index (χ4n) is 2.68. The molecule has 0 atom stereocenters. The van der Waals surface area contributed by atoms with Gasteiger partial charge in [-0.25, -0.2) is 4.98 Å². The van der Waals surface area contributed by atoms with Crippen LogP contribution in [0, 0.1) is 0 Å². The monoisotopic (exact) mass is 429 g/mol. The molecule has 3 rings (SSSR count). The third kappa shape index (κ3) is 4.68. The molecule has 0 saturated carbocycles. The van der Waals surface area contributed by atoms with E-state index in [9.17, 15) is 4.79 Å². The van der Waals surface area contributed by atoms with Gasteiger partial charge in [-0.3, -0.25) is 4.79 Å². The van der Waals surface area contributed by atoms with Gasteiger partial charge in [0.15, 0.2) is 11.5 Å². The smallest absolute Gasteiger partial charge is 0.255 e. The fourth-order valence-corrected chi connectivity index (χ4v) is 3.23. The number of nitrogens with one attached hydrogen (secondary N) is 1. The summed E-state index contributed by atoms with van der Waals surface area (Å²) in [6.45, 7) is 3.08. The number of benzene rings is 2. The van der Waals surface area contributed by atoms with Gasteiger partial charge in [0.25, 0.3) is 5.91 Å². The Hall–Kier alpha value is -2.80. The summed E-state index contributed by atoms with van der Waals surface area (Å²) in [6, 6.07) is 11.1. The molecule has 1 aromatic heterocycles. The van der Waals surface area contributed by atoms with Gasteiger partial charge < -0.3 is 19.4 Å². The molecule has 0 bridgehead atoms. The van der Waals surface area contributed by atoms with Crippen molar-refractivity contribution in [1.82, 2.24) is 9.55 Å². The Bertz CT molecular complexity index is 926. The van der Waals surface area contributed by atoms with E-state index >= 15 is 0 Å². The van der Waals surface area contributed by atoms with Crippen LogP contribution in [-0.4, -0.2) is 29.2 Å². The number of carbonyl (C=O) groups is 1. The van der Waals surface area contributed by atoms with Gasteiger partial charge >= 0.3 is 0 Å². The predicted octanol–water partition coefficient (Wildman–Crippen LogP) is 4.35. The topological polar surface area (TPSA) is 65.4 Å². The molecule has 140 valence electrons. The number of nitrogens with zero attached hydrogens (tertiary/aromatic N) is 2. The average molecular weight is 430 g/mol. The summed E-state index contributed by atoms with van der Waals surface area (Å²) in [5.74, 6) is 0.862. The molecule has 0 fully saturated rings. The maximum atomic E-state index is 12.7.